The van der Waals surface area contributed by atoms with Crippen LogP contribution in [0.25, 0.3) is 11.0 Å². The summed E-state index contributed by atoms with van der Waals surface area (Å²) < 4.78 is 7.99. The van der Waals surface area contributed by atoms with E-state index in [0.29, 0.717) is 6.10 Å². The van der Waals surface area contributed by atoms with Crippen LogP contribution in [0.15, 0.2) is 12.3 Å². The topological polar surface area (TPSA) is 52.0 Å². The lowest BCUT2D eigenvalue weighted by atomic mass is 10.2. The van der Waals surface area contributed by atoms with Gasteiger partial charge in [-0.05, 0) is 32.3 Å². The van der Waals surface area contributed by atoms with Crippen molar-refractivity contribution in [1.82, 2.24) is 14.5 Å². The number of aromatic nitrogens is 3. The monoisotopic (exact) mass is 288 g/mol. The van der Waals surface area contributed by atoms with Gasteiger partial charge in [-0.3, -0.25) is 0 Å². The van der Waals surface area contributed by atoms with Crippen molar-refractivity contribution >= 4 is 16.9 Å². The summed E-state index contributed by atoms with van der Waals surface area (Å²) in [5.74, 6) is 1.77. The number of nitrogens with one attached hydrogen (secondary N) is 1. The molecule has 0 spiro atoms. The highest BCUT2D eigenvalue weighted by Crippen LogP contribution is 2.24. The van der Waals surface area contributed by atoms with E-state index in [1.165, 1.54) is 12.8 Å². The number of hydrogen-bond donors (Lipinski definition) is 1. The first-order valence-electron chi connectivity index (χ1n) is 7.97. The summed E-state index contributed by atoms with van der Waals surface area (Å²) >= 11 is 0. The molecule has 1 aliphatic rings. The molecule has 3 rings (SSSR count). The van der Waals surface area contributed by atoms with E-state index in [2.05, 4.69) is 39.0 Å². The molecule has 0 amide bonds. The van der Waals surface area contributed by atoms with Crippen molar-refractivity contribution in [3.63, 3.8) is 0 Å². The predicted octanol–water partition coefficient (Wildman–Crippen LogP) is 3.13. The Morgan fingerprint density at radius 1 is 1.43 bits per heavy atom. The van der Waals surface area contributed by atoms with Gasteiger partial charge in [-0.2, -0.15) is 0 Å². The Morgan fingerprint density at radius 2 is 2.33 bits per heavy atom. The molecule has 114 valence electrons. The Labute approximate surface area is 125 Å². The Hall–Kier alpha value is -1.62. The number of anilines is 1. The van der Waals surface area contributed by atoms with Crippen molar-refractivity contribution < 1.29 is 4.74 Å². The molecule has 1 fully saturated rings. The molecule has 1 unspecified atom stereocenters. The zero-order valence-electron chi connectivity index (χ0n) is 12.9. The molecule has 0 aliphatic carbocycles. The highest BCUT2D eigenvalue weighted by Gasteiger charge is 2.18. The normalized spacial score (nSPS) is 18.5. The molecule has 5 nitrogen and oxygen atoms in total. The first-order valence-corrected chi connectivity index (χ1v) is 7.97. The second-order valence-electron chi connectivity index (χ2n) is 5.74. The van der Waals surface area contributed by atoms with Crippen LogP contribution >= 0.6 is 0 Å². The van der Waals surface area contributed by atoms with Crippen molar-refractivity contribution in [2.75, 3.05) is 18.5 Å². The molecular formula is C16H24N4O. The molecule has 21 heavy (non-hydrogen) atoms. The van der Waals surface area contributed by atoms with Crippen LogP contribution in [0.4, 0.5) is 5.82 Å². The summed E-state index contributed by atoms with van der Waals surface area (Å²) in [7, 11) is 0. The van der Waals surface area contributed by atoms with Crippen LogP contribution in [0.5, 0.6) is 0 Å². The Bertz CT molecular complexity index is 602. The maximum absolute atomic E-state index is 5.76. The fourth-order valence-electron chi connectivity index (χ4n) is 2.89. The lowest BCUT2D eigenvalue weighted by molar-refractivity contribution is 0.0980. The molecule has 1 atom stereocenters. The number of hydrogen-bond acceptors (Lipinski definition) is 4. The third-order valence-electron chi connectivity index (χ3n) is 3.97. The van der Waals surface area contributed by atoms with E-state index in [9.17, 15) is 0 Å². The van der Waals surface area contributed by atoms with E-state index in [1.54, 1.807) is 0 Å². The maximum Gasteiger partial charge on any atom is 0.154 e. The van der Waals surface area contributed by atoms with Crippen LogP contribution in [0.1, 0.15) is 38.4 Å². The standard InChI is InChI=1S/C16H24N4O/c1-3-4-8-17-16-15-14(18-12(2)19-16)7-9-20(15)11-13-6-5-10-21-13/h7,9,13H,3-6,8,10-11H2,1-2H3,(H,17,18,19). The number of rotatable bonds is 6. The third-order valence-corrected chi connectivity index (χ3v) is 3.97. The molecule has 3 heterocycles. The number of ether oxygens (including phenoxy) is 1. The highest BCUT2D eigenvalue weighted by molar-refractivity contribution is 5.86. The van der Waals surface area contributed by atoms with Crippen molar-refractivity contribution in [1.29, 1.82) is 0 Å². The van der Waals surface area contributed by atoms with Crippen LogP contribution in [0.3, 0.4) is 0 Å². The zero-order valence-corrected chi connectivity index (χ0v) is 12.9. The average molecular weight is 288 g/mol. The summed E-state index contributed by atoms with van der Waals surface area (Å²) in [6, 6.07) is 2.07. The third kappa shape index (κ3) is 3.18. The number of nitrogens with zero attached hydrogens (tertiary/aromatic N) is 3. The second kappa shape index (κ2) is 6.43. The van der Waals surface area contributed by atoms with Crippen LogP contribution in [-0.4, -0.2) is 33.8 Å². The van der Waals surface area contributed by atoms with Crippen molar-refractivity contribution in [3.8, 4) is 0 Å². The van der Waals surface area contributed by atoms with Gasteiger partial charge >= 0.3 is 0 Å². The first-order chi connectivity index (χ1) is 10.3. The minimum atomic E-state index is 0.324. The van der Waals surface area contributed by atoms with Crippen molar-refractivity contribution in [2.45, 2.75) is 52.2 Å². The van der Waals surface area contributed by atoms with Gasteiger partial charge in [0.05, 0.1) is 11.6 Å². The second-order valence-corrected chi connectivity index (χ2v) is 5.74. The van der Waals surface area contributed by atoms with Crippen LogP contribution in [-0.2, 0) is 11.3 Å². The first kappa shape index (κ1) is 14.3. The molecule has 0 aromatic carbocycles. The summed E-state index contributed by atoms with van der Waals surface area (Å²) in [5, 5.41) is 3.47. The summed E-state index contributed by atoms with van der Waals surface area (Å²) in [5.41, 5.74) is 2.12. The number of unbranched alkanes of at least 4 members (excludes halogenated alkanes) is 1. The van der Waals surface area contributed by atoms with Gasteiger partial charge in [-0.15, -0.1) is 0 Å². The average Bonchev–Trinajstić information content (AvgIpc) is 3.10. The van der Waals surface area contributed by atoms with Gasteiger partial charge in [0.2, 0.25) is 0 Å². The molecule has 0 radical (unpaired) electrons. The highest BCUT2D eigenvalue weighted by atomic mass is 16.5. The lowest BCUT2D eigenvalue weighted by Gasteiger charge is -2.14. The van der Waals surface area contributed by atoms with E-state index in [1.807, 2.05) is 6.92 Å². The molecule has 0 bridgehead atoms. The predicted molar refractivity (Wildman–Crippen MR) is 84.6 cm³/mol. The minimum Gasteiger partial charge on any atom is -0.376 e. The largest absolute Gasteiger partial charge is 0.376 e. The zero-order chi connectivity index (χ0) is 14.7. The Kier molecular flexibility index (Phi) is 4.39. The van der Waals surface area contributed by atoms with E-state index in [0.717, 1.165) is 55.2 Å². The van der Waals surface area contributed by atoms with Gasteiger partial charge in [0.25, 0.3) is 0 Å². The van der Waals surface area contributed by atoms with Crippen LogP contribution in [0.2, 0.25) is 0 Å². The van der Waals surface area contributed by atoms with E-state index in [4.69, 9.17) is 4.74 Å². The number of aryl methyl sites for hydroxylation is 1. The van der Waals surface area contributed by atoms with Gasteiger partial charge in [0.15, 0.2) is 5.82 Å². The number of fused-ring (bicyclic) bond motifs is 1. The Morgan fingerprint density at radius 3 is 3.10 bits per heavy atom. The molecular weight excluding hydrogens is 264 g/mol. The minimum absolute atomic E-state index is 0.324. The molecule has 2 aromatic heterocycles. The quantitative estimate of drug-likeness (QED) is 0.830. The molecule has 2 aromatic rings. The van der Waals surface area contributed by atoms with Crippen molar-refractivity contribution in [3.05, 3.63) is 18.1 Å². The lowest BCUT2D eigenvalue weighted by Crippen LogP contribution is -2.15. The smallest absolute Gasteiger partial charge is 0.154 e. The van der Waals surface area contributed by atoms with Crippen LogP contribution < -0.4 is 5.32 Å². The van der Waals surface area contributed by atoms with E-state index < -0.39 is 0 Å². The molecule has 1 saturated heterocycles. The van der Waals surface area contributed by atoms with Gasteiger partial charge in [-0.25, -0.2) is 9.97 Å². The summed E-state index contributed by atoms with van der Waals surface area (Å²) in [6.45, 7) is 6.87. The fourth-order valence-corrected chi connectivity index (χ4v) is 2.89. The molecule has 1 N–H and O–H groups in total. The molecule has 0 saturated carbocycles. The molecule has 5 heteroatoms. The Balaban J connectivity index is 1.89. The SMILES string of the molecule is CCCCNc1nc(C)nc2ccn(CC3CCCO3)c12. The van der Waals surface area contributed by atoms with Gasteiger partial charge in [-0.1, -0.05) is 13.3 Å². The maximum atomic E-state index is 5.76. The molecule has 1 aliphatic heterocycles. The fraction of sp³-hybridized carbons (Fsp3) is 0.625. The van der Waals surface area contributed by atoms with Crippen molar-refractivity contribution in [2.24, 2.45) is 0 Å². The summed E-state index contributed by atoms with van der Waals surface area (Å²) in [4.78, 5) is 9.14. The van der Waals surface area contributed by atoms with E-state index in [-0.39, 0.29) is 0 Å². The van der Waals surface area contributed by atoms with Gasteiger partial charge in [0.1, 0.15) is 11.3 Å². The van der Waals surface area contributed by atoms with E-state index >= 15 is 0 Å². The van der Waals surface area contributed by atoms with Crippen LogP contribution in [0, 0.1) is 6.92 Å². The van der Waals surface area contributed by atoms with Gasteiger partial charge < -0.3 is 14.6 Å². The summed E-state index contributed by atoms with van der Waals surface area (Å²) in [6.07, 6.45) is 7.07. The van der Waals surface area contributed by atoms with Gasteiger partial charge in [0, 0.05) is 25.9 Å².